The predicted molar refractivity (Wildman–Crippen MR) is 156 cm³/mol. The minimum atomic E-state index is -1.54. The van der Waals surface area contributed by atoms with Crippen LogP contribution in [0.3, 0.4) is 0 Å². The van der Waals surface area contributed by atoms with Crippen molar-refractivity contribution in [3.05, 3.63) is 112 Å². The lowest BCUT2D eigenvalue weighted by atomic mass is 9.89. The zero-order chi connectivity index (χ0) is 29.1. The van der Waals surface area contributed by atoms with E-state index in [1.807, 2.05) is 36.4 Å². The van der Waals surface area contributed by atoms with E-state index in [0.717, 1.165) is 35.1 Å². The number of carboxylic acids is 1. The van der Waals surface area contributed by atoms with Crippen LogP contribution >= 0.6 is 11.6 Å². The molecule has 2 atom stereocenters. The fraction of sp³-hybridized carbons (Fsp3) is 0.242. The SMILES string of the molecule is C[C@@](CO)(NCc1cc(Cl)c(C[C@H]2CCc3c(-c4ccccc4F)cccc32)cc1-c1cncc(C#N)c1)C(=O)O. The highest BCUT2D eigenvalue weighted by Gasteiger charge is 2.32. The second kappa shape index (κ2) is 11.8. The topological polar surface area (TPSA) is 106 Å². The van der Waals surface area contributed by atoms with Gasteiger partial charge < -0.3 is 10.2 Å². The van der Waals surface area contributed by atoms with Gasteiger partial charge in [-0.1, -0.05) is 48.0 Å². The van der Waals surface area contributed by atoms with Crippen molar-refractivity contribution in [2.45, 2.75) is 44.2 Å². The number of carboxylic acid groups (broad SMARTS) is 1. The molecule has 6 nitrogen and oxygen atoms in total. The Kier molecular flexibility index (Phi) is 8.18. The Morgan fingerprint density at radius 2 is 1.90 bits per heavy atom. The number of carbonyl (C=O) groups is 1. The van der Waals surface area contributed by atoms with Crippen LogP contribution < -0.4 is 5.32 Å². The number of aliphatic hydroxyl groups is 1. The Balaban J connectivity index is 1.52. The van der Waals surface area contributed by atoms with Crippen LogP contribution in [0.1, 0.15) is 47.1 Å². The lowest BCUT2D eigenvalue weighted by Gasteiger charge is -2.25. The fourth-order valence-corrected chi connectivity index (χ4v) is 5.78. The number of nitriles is 1. The van der Waals surface area contributed by atoms with E-state index in [2.05, 4.69) is 22.4 Å². The Bertz CT molecular complexity index is 1670. The van der Waals surface area contributed by atoms with Gasteiger partial charge in [-0.25, -0.2) is 4.39 Å². The molecule has 5 rings (SSSR count). The molecule has 4 aromatic rings. The number of aliphatic carboxylic acids is 1. The number of fused-ring (bicyclic) bond motifs is 1. The molecule has 3 N–H and O–H groups in total. The molecule has 0 spiro atoms. The Morgan fingerprint density at radius 1 is 1.12 bits per heavy atom. The monoisotopic (exact) mass is 569 g/mol. The van der Waals surface area contributed by atoms with Crippen molar-refractivity contribution in [3.8, 4) is 28.3 Å². The quantitative estimate of drug-likeness (QED) is 0.219. The van der Waals surface area contributed by atoms with Gasteiger partial charge in [0.25, 0.3) is 0 Å². The van der Waals surface area contributed by atoms with Gasteiger partial charge in [0.2, 0.25) is 0 Å². The van der Waals surface area contributed by atoms with E-state index in [9.17, 15) is 24.7 Å². The summed E-state index contributed by atoms with van der Waals surface area (Å²) in [5.41, 5.74) is 5.80. The molecule has 208 valence electrons. The third-order valence-electron chi connectivity index (χ3n) is 7.93. The highest BCUT2D eigenvalue weighted by Crippen LogP contribution is 2.42. The van der Waals surface area contributed by atoms with E-state index in [-0.39, 0.29) is 18.3 Å². The molecule has 0 fully saturated rings. The summed E-state index contributed by atoms with van der Waals surface area (Å²) in [5, 5.41) is 32.2. The van der Waals surface area contributed by atoms with Crippen LogP contribution in [0.15, 0.2) is 73.1 Å². The highest BCUT2D eigenvalue weighted by atomic mass is 35.5. The lowest BCUT2D eigenvalue weighted by molar-refractivity contribution is -0.145. The van der Waals surface area contributed by atoms with Gasteiger partial charge in [-0.2, -0.15) is 5.26 Å². The summed E-state index contributed by atoms with van der Waals surface area (Å²) in [7, 11) is 0. The first-order valence-corrected chi connectivity index (χ1v) is 13.7. The zero-order valence-electron chi connectivity index (χ0n) is 22.5. The van der Waals surface area contributed by atoms with Gasteiger partial charge in [0.1, 0.15) is 17.4 Å². The molecule has 0 aliphatic heterocycles. The third kappa shape index (κ3) is 5.73. The fourth-order valence-electron chi connectivity index (χ4n) is 5.52. The normalized spacial score (nSPS) is 15.6. The van der Waals surface area contributed by atoms with Crippen molar-refractivity contribution >= 4 is 17.6 Å². The number of pyridine rings is 1. The van der Waals surface area contributed by atoms with Crippen LogP contribution in [0.5, 0.6) is 0 Å². The molecule has 0 radical (unpaired) electrons. The van der Waals surface area contributed by atoms with Crippen molar-refractivity contribution < 1.29 is 19.4 Å². The van der Waals surface area contributed by atoms with Crippen molar-refractivity contribution in [1.29, 1.82) is 5.26 Å². The van der Waals surface area contributed by atoms with Crippen molar-refractivity contribution in [3.63, 3.8) is 0 Å². The van der Waals surface area contributed by atoms with Crippen LogP contribution in [0, 0.1) is 17.1 Å². The van der Waals surface area contributed by atoms with E-state index in [0.29, 0.717) is 33.7 Å². The summed E-state index contributed by atoms with van der Waals surface area (Å²) in [6, 6.07) is 20.5. The van der Waals surface area contributed by atoms with Crippen LogP contribution in [0.4, 0.5) is 4.39 Å². The number of aliphatic hydroxyl groups excluding tert-OH is 1. The maximum Gasteiger partial charge on any atom is 0.326 e. The maximum absolute atomic E-state index is 14.6. The molecule has 0 saturated carbocycles. The lowest BCUT2D eigenvalue weighted by Crippen LogP contribution is -2.52. The zero-order valence-corrected chi connectivity index (χ0v) is 23.3. The standard InChI is InChI=1S/C33H29ClFN3O3/c1-33(19-39,32(40)41)38-18-24-14-30(34)22(13-29(24)23-11-20(15-36)16-37-17-23)12-21-9-10-27-25(21)6-4-7-26(27)28-5-2-3-8-31(28)35/h2-8,11,13-14,16-17,21,38-39H,9-10,12,18-19H2,1H3,(H,40,41)/t21-,33+/m1/s1. The Labute approximate surface area is 243 Å². The van der Waals surface area contributed by atoms with Crippen LogP contribution in [0.2, 0.25) is 5.02 Å². The number of aromatic nitrogens is 1. The van der Waals surface area contributed by atoms with Crippen molar-refractivity contribution in [2.75, 3.05) is 6.61 Å². The number of halogens is 2. The van der Waals surface area contributed by atoms with Crippen LogP contribution in [-0.4, -0.2) is 33.3 Å². The van der Waals surface area contributed by atoms with Gasteiger partial charge in [0.15, 0.2) is 0 Å². The molecule has 3 aromatic carbocycles. The number of nitrogens with zero attached hydrogens (tertiary/aromatic N) is 2. The van der Waals surface area contributed by atoms with Crippen molar-refractivity contribution in [2.24, 2.45) is 0 Å². The van der Waals surface area contributed by atoms with Crippen LogP contribution in [-0.2, 0) is 24.2 Å². The van der Waals surface area contributed by atoms with Gasteiger partial charge in [0, 0.05) is 35.1 Å². The molecule has 0 unspecified atom stereocenters. The van der Waals surface area contributed by atoms with E-state index >= 15 is 0 Å². The van der Waals surface area contributed by atoms with Gasteiger partial charge in [-0.15, -0.1) is 0 Å². The average Bonchev–Trinajstić information content (AvgIpc) is 3.40. The average molecular weight is 570 g/mol. The molecule has 1 aromatic heterocycles. The van der Waals surface area contributed by atoms with Gasteiger partial charge >= 0.3 is 5.97 Å². The predicted octanol–water partition coefficient (Wildman–Crippen LogP) is 6.28. The number of rotatable bonds is 9. The molecule has 0 saturated heterocycles. The molecular formula is C33H29ClFN3O3. The van der Waals surface area contributed by atoms with Crippen LogP contribution in [0.25, 0.3) is 22.3 Å². The molecule has 0 amide bonds. The van der Waals surface area contributed by atoms with Gasteiger partial charge in [-0.05, 0) is 89.8 Å². The van der Waals surface area contributed by atoms with Crippen molar-refractivity contribution in [1.82, 2.24) is 10.3 Å². The molecule has 1 heterocycles. The second-order valence-electron chi connectivity index (χ2n) is 10.6. The Hall–Kier alpha value is -4.09. The maximum atomic E-state index is 14.6. The first-order chi connectivity index (χ1) is 19.7. The summed E-state index contributed by atoms with van der Waals surface area (Å²) in [6.07, 6.45) is 5.52. The van der Waals surface area contributed by atoms with E-state index in [4.69, 9.17) is 11.6 Å². The Morgan fingerprint density at radius 3 is 2.63 bits per heavy atom. The summed E-state index contributed by atoms with van der Waals surface area (Å²) >= 11 is 6.84. The summed E-state index contributed by atoms with van der Waals surface area (Å²) < 4.78 is 14.6. The molecule has 8 heteroatoms. The smallest absolute Gasteiger partial charge is 0.326 e. The number of hydrogen-bond acceptors (Lipinski definition) is 5. The second-order valence-corrected chi connectivity index (χ2v) is 11.0. The summed E-state index contributed by atoms with van der Waals surface area (Å²) in [5.74, 6) is -1.24. The molecule has 1 aliphatic carbocycles. The minimum Gasteiger partial charge on any atom is -0.480 e. The molecule has 1 aliphatic rings. The minimum absolute atomic E-state index is 0.119. The first-order valence-electron chi connectivity index (χ1n) is 13.4. The van der Waals surface area contributed by atoms with Gasteiger partial charge in [0.05, 0.1) is 12.2 Å². The number of hydrogen-bond donors (Lipinski definition) is 3. The third-order valence-corrected chi connectivity index (χ3v) is 8.28. The number of benzene rings is 3. The first kappa shape index (κ1) is 28.4. The summed E-state index contributed by atoms with van der Waals surface area (Å²) in [4.78, 5) is 16.0. The largest absolute Gasteiger partial charge is 0.480 e. The molecular weight excluding hydrogens is 541 g/mol. The molecule has 41 heavy (non-hydrogen) atoms. The highest BCUT2D eigenvalue weighted by molar-refractivity contribution is 6.31. The summed E-state index contributed by atoms with van der Waals surface area (Å²) in [6.45, 7) is 0.939. The molecule has 0 bridgehead atoms. The van der Waals surface area contributed by atoms with E-state index in [1.54, 1.807) is 18.3 Å². The van der Waals surface area contributed by atoms with Gasteiger partial charge in [-0.3, -0.25) is 15.1 Å². The number of nitrogens with one attached hydrogen (secondary N) is 1. The van der Waals surface area contributed by atoms with E-state index in [1.165, 1.54) is 24.8 Å². The van der Waals surface area contributed by atoms with E-state index < -0.39 is 18.1 Å².